The Morgan fingerprint density at radius 2 is 1.66 bits per heavy atom. The summed E-state index contributed by atoms with van der Waals surface area (Å²) in [7, 11) is 2.47. The average Bonchev–Trinajstić information content (AvgIpc) is 3.06. The number of sulfone groups is 1. The zero-order chi connectivity index (χ0) is 21.0. The van der Waals surface area contributed by atoms with E-state index in [1.807, 2.05) is 67.5 Å². The van der Waals surface area contributed by atoms with E-state index in [0.717, 1.165) is 22.6 Å². The molecule has 29 heavy (non-hydrogen) atoms. The highest BCUT2D eigenvalue weighted by atomic mass is 32.2. The molecule has 1 atom stereocenters. The minimum absolute atomic E-state index is 0.0388. The van der Waals surface area contributed by atoms with Crippen molar-refractivity contribution >= 4 is 21.4 Å². The van der Waals surface area contributed by atoms with Crippen LogP contribution in [0, 0.1) is 0 Å². The Kier molecular flexibility index (Phi) is 6.47. The summed E-state index contributed by atoms with van der Waals surface area (Å²) in [6.07, 6.45) is 0.725. The molecule has 3 rings (SSSR count). The second-order valence-corrected chi connectivity index (χ2v) is 9.89. The minimum atomic E-state index is -3.08. The number of carbonyl (C=O) groups excluding carboxylic acids is 1. The lowest BCUT2D eigenvalue weighted by molar-refractivity contribution is -0.133. The third kappa shape index (κ3) is 5.50. The van der Waals surface area contributed by atoms with Crippen LogP contribution < -0.4 is 9.64 Å². The standard InChI is InChI=1S/C22H28N2O4S/c1-23(2)19-8-4-18(5-9-19)15-24(20-12-13-29(26,27)16-20)22(25)14-17-6-10-21(28-3)11-7-17/h4-11,20H,12-16H2,1-3H3. The number of nitrogens with zero attached hydrogens (tertiary/aromatic N) is 2. The summed E-state index contributed by atoms with van der Waals surface area (Å²) in [5.74, 6) is 0.857. The predicted octanol–water partition coefficient (Wildman–Crippen LogP) is 2.52. The van der Waals surface area contributed by atoms with Gasteiger partial charge in [0.05, 0.1) is 25.0 Å². The zero-order valence-electron chi connectivity index (χ0n) is 17.2. The molecule has 0 aromatic heterocycles. The van der Waals surface area contributed by atoms with E-state index in [0.29, 0.717) is 13.0 Å². The number of rotatable bonds is 7. The molecule has 1 amide bonds. The fourth-order valence-electron chi connectivity index (χ4n) is 3.56. The Morgan fingerprint density at radius 1 is 1.03 bits per heavy atom. The Morgan fingerprint density at radius 3 is 2.17 bits per heavy atom. The largest absolute Gasteiger partial charge is 0.497 e. The van der Waals surface area contributed by atoms with Gasteiger partial charge in [-0.2, -0.15) is 0 Å². The Hall–Kier alpha value is -2.54. The number of benzene rings is 2. The van der Waals surface area contributed by atoms with Crippen LogP contribution >= 0.6 is 0 Å². The van der Waals surface area contributed by atoms with Crippen LogP contribution in [0.2, 0.25) is 0 Å². The Balaban J connectivity index is 1.79. The van der Waals surface area contributed by atoms with Crippen molar-refractivity contribution in [2.75, 3.05) is 37.6 Å². The lowest BCUT2D eigenvalue weighted by Crippen LogP contribution is -2.41. The quantitative estimate of drug-likeness (QED) is 0.694. The molecule has 2 aromatic carbocycles. The summed E-state index contributed by atoms with van der Waals surface area (Å²) in [6, 6.07) is 15.1. The van der Waals surface area contributed by atoms with Crippen molar-refractivity contribution < 1.29 is 17.9 Å². The molecule has 0 saturated carbocycles. The summed E-state index contributed by atoms with van der Waals surface area (Å²) in [5, 5.41) is 0. The monoisotopic (exact) mass is 416 g/mol. The molecule has 0 N–H and O–H groups in total. The third-order valence-electron chi connectivity index (χ3n) is 5.29. The van der Waals surface area contributed by atoms with Crippen LogP contribution in [0.25, 0.3) is 0 Å². The second kappa shape index (κ2) is 8.86. The lowest BCUT2D eigenvalue weighted by atomic mass is 10.1. The fraction of sp³-hybridized carbons (Fsp3) is 0.409. The molecule has 0 spiro atoms. The van der Waals surface area contributed by atoms with Gasteiger partial charge < -0.3 is 14.5 Å². The maximum Gasteiger partial charge on any atom is 0.227 e. The van der Waals surface area contributed by atoms with Crippen molar-refractivity contribution in [3.05, 3.63) is 59.7 Å². The number of anilines is 1. The highest BCUT2D eigenvalue weighted by Gasteiger charge is 2.34. The zero-order valence-corrected chi connectivity index (χ0v) is 18.0. The van der Waals surface area contributed by atoms with E-state index in [1.165, 1.54) is 0 Å². The molecule has 1 aliphatic heterocycles. The maximum absolute atomic E-state index is 13.1. The van der Waals surface area contributed by atoms with Crippen molar-refractivity contribution in [1.82, 2.24) is 4.90 Å². The number of carbonyl (C=O) groups is 1. The molecule has 0 aliphatic carbocycles. The van der Waals surface area contributed by atoms with Gasteiger partial charge in [0.25, 0.3) is 0 Å². The molecule has 0 bridgehead atoms. The number of hydrogen-bond donors (Lipinski definition) is 0. The van der Waals surface area contributed by atoms with Crippen LogP contribution in [0.5, 0.6) is 5.75 Å². The minimum Gasteiger partial charge on any atom is -0.497 e. The van der Waals surface area contributed by atoms with Gasteiger partial charge in [-0.05, 0) is 41.8 Å². The molecule has 6 nitrogen and oxygen atoms in total. The summed E-state index contributed by atoms with van der Waals surface area (Å²) in [6.45, 7) is 0.406. The molecule has 0 radical (unpaired) electrons. The Labute approximate surface area is 173 Å². The molecule has 2 aromatic rings. The van der Waals surface area contributed by atoms with Crippen molar-refractivity contribution in [2.45, 2.75) is 25.4 Å². The molecule has 7 heteroatoms. The molecule has 1 heterocycles. The van der Waals surface area contributed by atoms with Gasteiger partial charge in [0.2, 0.25) is 5.91 Å². The smallest absolute Gasteiger partial charge is 0.227 e. The summed E-state index contributed by atoms with van der Waals surface area (Å²) in [4.78, 5) is 16.9. The summed E-state index contributed by atoms with van der Waals surface area (Å²) < 4.78 is 29.2. The normalized spacial score (nSPS) is 17.7. The van der Waals surface area contributed by atoms with Crippen molar-refractivity contribution in [2.24, 2.45) is 0 Å². The molecule has 1 fully saturated rings. The van der Waals surface area contributed by atoms with E-state index in [4.69, 9.17) is 4.74 Å². The highest BCUT2D eigenvalue weighted by Crippen LogP contribution is 2.23. The molecule has 1 saturated heterocycles. The fourth-order valence-corrected chi connectivity index (χ4v) is 5.29. The molecular formula is C22H28N2O4S. The van der Waals surface area contributed by atoms with Gasteiger partial charge in [-0.1, -0.05) is 24.3 Å². The van der Waals surface area contributed by atoms with E-state index >= 15 is 0 Å². The van der Waals surface area contributed by atoms with Crippen molar-refractivity contribution in [1.29, 1.82) is 0 Å². The molecule has 1 unspecified atom stereocenters. The molecule has 156 valence electrons. The number of hydrogen-bond acceptors (Lipinski definition) is 5. The van der Waals surface area contributed by atoms with Crippen LogP contribution in [0.4, 0.5) is 5.69 Å². The van der Waals surface area contributed by atoms with Gasteiger partial charge in [-0.3, -0.25) is 4.79 Å². The van der Waals surface area contributed by atoms with Crippen LogP contribution in [-0.2, 0) is 27.6 Å². The van der Waals surface area contributed by atoms with E-state index in [2.05, 4.69) is 0 Å². The highest BCUT2D eigenvalue weighted by molar-refractivity contribution is 7.91. The SMILES string of the molecule is COc1ccc(CC(=O)N(Cc2ccc(N(C)C)cc2)C2CCS(=O)(=O)C2)cc1. The summed E-state index contributed by atoms with van der Waals surface area (Å²) in [5.41, 5.74) is 2.95. The maximum atomic E-state index is 13.1. The lowest BCUT2D eigenvalue weighted by Gasteiger charge is -2.29. The van der Waals surface area contributed by atoms with Gasteiger partial charge in [-0.15, -0.1) is 0 Å². The third-order valence-corrected chi connectivity index (χ3v) is 7.04. The van der Waals surface area contributed by atoms with Gasteiger partial charge in [0.15, 0.2) is 9.84 Å². The number of amides is 1. The van der Waals surface area contributed by atoms with Gasteiger partial charge in [-0.25, -0.2) is 8.42 Å². The van der Waals surface area contributed by atoms with E-state index in [1.54, 1.807) is 12.0 Å². The average molecular weight is 417 g/mol. The van der Waals surface area contributed by atoms with Gasteiger partial charge in [0.1, 0.15) is 5.75 Å². The van der Waals surface area contributed by atoms with Crippen molar-refractivity contribution in [3.8, 4) is 5.75 Å². The first-order chi connectivity index (χ1) is 13.8. The van der Waals surface area contributed by atoms with Crippen molar-refractivity contribution in [3.63, 3.8) is 0 Å². The molecule has 1 aliphatic rings. The van der Waals surface area contributed by atoms with Gasteiger partial charge in [0, 0.05) is 32.4 Å². The van der Waals surface area contributed by atoms with Gasteiger partial charge >= 0.3 is 0 Å². The van der Waals surface area contributed by atoms with Crippen LogP contribution in [0.1, 0.15) is 17.5 Å². The first kappa shape index (κ1) is 21.2. The number of ether oxygens (including phenoxy) is 1. The number of methoxy groups -OCH3 is 1. The first-order valence-corrected chi connectivity index (χ1v) is 11.5. The van der Waals surface area contributed by atoms with Crippen LogP contribution in [0.15, 0.2) is 48.5 Å². The first-order valence-electron chi connectivity index (χ1n) is 9.66. The summed E-state index contributed by atoms with van der Waals surface area (Å²) >= 11 is 0. The van der Waals surface area contributed by atoms with Crippen LogP contribution in [0.3, 0.4) is 0 Å². The van der Waals surface area contributed by atoms with E-state index in [9.17, 15) is 13.2 Å². The Bertz CT molecular complexity index is 938. The topological polar surface area (TPSA) is 66.9 Å². The second-order valence-electron chi connectivity index (χ2n) is 7.66. The molecular weight excluding hydrogens is 388 g/mol. The predicted molar refractivity (Wildman–Crippen MR) is 115 cm³/mol. The van der Waals surface area contributed by atoms with E-state index in [-0.39, 0.29) is 29.9 Å². The van der Waals surface area contributed by atoms with E-state index < -0.39 is 9.84 Å². The van der Waals surface area contributed by atoms with Crippen LogP contribution in [-0.4, -0.2) is 58.0 Å².